The van der Waals surface area contributed by atoms with Gasteiger partial charge >= 0.3 is 6.18 Å². The van der Waals surface area contributed by atoms with Gasteiger partial charge in [-0.2, -0.15) is 13.2 Å². The Bertz CT molecular complexity index is 1190. The molecule has 1 N–H and O–H groups in total. The predicted molar refractivity (Wildman–Crippen MR) is 114 cm³/mol. The summed E-state index contributed by atoms with van der Waals surface area (Å²) < 4.78 is 67.0. The number of nitrogens with one attached hydrogen (secondary N) is 1. The van der Waals surface area contributed by atoms with Gasteiger partial charge in [-0.15, -0.1) is 0 Å². The van der Waals surface area contributed by atoms with E-state index in [4.69, 9.17) is 23.2 Å². The van der Waals surface area contributed by atoms with E-state index in [0.717, 1.165) is 30.0 Å². The Labute approximate surface area is 187 Å². The molecule has 0 amide bonds. The lowest BCUT2D eigenvalue weighted by Gasteiger charge is -2.14. The van der Waals surface area contributed by atoms with Gasteiger partial charge in [-0.1, -0.05) is 40.9 Å². The van der Waals surface area contributed by atoms with Crippen molar-refractivity contribution in [2.45, 2.75) is 31.8 Å². The maximum absolute atomic E-state index is 13.1. The van der Waals surface area contributed by atoms with Crippen molar-refractivity contribution in [3.63, 3.8) is 0 Å². The summed E-state index contributed by atoms with van der Waals surface area (Å²) in [5.41, 5.74) is -0.775. The van der Waals surface area contributed by atoms with Crippen LogP contribution in [0.1, 0.15) is 36.8 Å². The number of sulfonamides is 1. The van der Waals surface area contributed by atoms with Crippen LogP contribution in [-0.4, -0.2) is 19.2 Å². The molecule has 0 fully saturated rings. The molecule has 0 unspecified atom stereocenters. The molecule has 1 aromatic heterocycles. The Morgan fingerprint density at radius 1 is 1.16 bits per heavy atom. The molecule has 0 radical (unpaired) electrons. The number of nitrogens with zero attached hydrogens (tertiary/aromatic N) is 1. The summed E-state index contributed by atoms with van der Waals surface area (Å²) in [6.07, 6.45) is -0.580. The minimum absolute atomic E-state index is 0.0191. The van der Waals surface area contributed by atoms with Gasteiger partial charge in [0.05, 0.1) is 26.2 Å². The third kappa shape index (κ3) is 6.09. The average Bonchev–Trinajstić information content (AvgIpc) is 2.64. The molecular formula is C20H17Cl2F3N2O3S. The Kier molecular flexibility index (Phi) is 7.57. The first-order valence-electron chi connectivity index (χ1n) is 8.67. The number of benzene rings is 1. The maximum atomic E-state index is 13.1. The molecule has 2 aromatic rings. The zero-order valence-electron chi connectivity index (χ0n) is 16.5. The molecule has 0 saturated heterocycles. The number of Topliss-reactive ketones (excluding diaryl/α,β-unsaturated/α-hetero) is 1. The molecule has 0 saturated carbocycles. The Balaban J connectivity index is 2.55. The van der Waals surface area contributed by atoms with E-state index in [2.05, 4.69) is 9.71 Å². The number of rotatable bonds is 6. The highest BCUT2D eigenvalue weighted by Gasteiger charge is 2.34. The summed E-state index contributed by atoms with van der Waals surface area (Å²) in [4.78, 5) is 16.1. The van der Waals surface area contributed by atoms with Crippen LogP contribution in [0.4, 0.5) is 18.9 Å². The van der Waals surface area contributed by atoms with E-state index in [1.165, 1.54) is 6.08 Å². The minimum atomic E-state index is -4.85. The lowest BCUT2D eigenvalue weighted by Crippen LogP contribution is -2.18. The molecule has 0 aliphatic carbocycles. The molecule has 0 atom stereocenters. The molecule has 1 aromatic carbocycles. The summed E-state index contributed by atoms with van der Waals surface area (Å²) >= 11 is 11.5. The largest absolute Gasteiger partial charge is 0.417 e. The molecule has 1 heterocycles. The second-order valence-corrected chi connectivity index (χ2v) is 9.12. The summed E-state index contributed by atoms with van der Waals surface area (Å²) in [5.74, 6) is -0.592. The molecular weight excluding hydrogens is 476 g/mol. The van der Waals surface area contributed by atoms with Gasteiger partial charge in [0.2, 0.25) is 5.78 Å². The molecule has 0 bridgehead atoms. The highest BCUT2D eigenvalue weighted by atomic mass is 35.5. The topological polar surface area (TPSA) is 76.1 Å². The monoisotopic (exact) mass is 492 g/mol. The average molecular weight is 493 g/mol. The van der Waals surface area contributed by atoms with Crippen LogP contribution < -0.4 is 4.72 Å². The van der Waals surface area contributed by atoms with Crippen molar-refractivity contribution in [3.8, 4) is 0 Å². The number of carbonyl (C=O) groups is 1. The first kappa shape index (κ1) is 24.9. The molecule has 11 heteroatoms. The number of pyridine rings is 1. The normalized spacial score (nSPS) is 12.5. The number of hydrogen-bond acceptors (Lipinski definition) is 4. The Hall–Kier alpha value is -2.36. The van der Waals surface area contributed by atoms with Crippen molar-refractivity contribution in [3.05, 3.63) is 75.1 Å². The van der Waals surface area contributed by atoms with Crippen molar-refractivity contribution >= 4 is 44.7 Å². The first-order valence-corrected chi connectivity index (χ1v) is 10.9. The molecule has 2 rings (SSSR count). The molecule has 5 nitrogen and oxygen atoms in total. The molecule has 31 heavy (non-hydrogen) atoms. The number of hydrogen-bond donors (Lipinski definition) is 1. The van der Waals surface area contributed by atoms with Crippen molar-refractivity contribution in [2.24, 2.45) is 0 Å². The number of halogens is 5. The maximum Gasteiger partial charge on any atom is 0.417 e. The number of aromatic nitrogens is 1. The SMILES string of the molecule is C/C=C(\C=C(C)C)C(=O)c1ncc(Cl)cc1NS(=O)(=O)c1ccc(Cl)c(C(F)(F)F)c1. The minimum Gasteiger partial charge on any atom is -0.287 e. The zero-order chi connectivity index (χ0) is 23.6. The van der Waals surface area contributed by atoms with Crippen molar-refractivity contribution in [1.29, 1.82) is 0 Å². The fourth-order valence-electron chi connectivity index (χ4n) is 2.52. The van der Waals surface area contributed by atoms with E-state index in [9.17, 15) is 26.4 Å². The fourth-order valence-corrected chi connectivity index (χ4v) is 3.98. The van der Waals surface area contributed by atoms with Gasteiger partial charge in [0.25, 0.3) is 10.0 Å². The Morgan fingerprint density at radius 2 is 1.81 bits per heavy atom. The van der Waals surface area contributed by atoms with E-state index in [0.29, 0.717) is 6.07 Å². The Morgan fingerprint density at radius 3 is 2.35 bits per heavy atom. The van der Waals surface area contributed by atoms with Gasteiger partial charge in [0.15, 0.2) is 0 Å². The fraction of sp³-hybridized carbons (Fsp3) is 0.200. The van der Waals surface area contributed by atoms with Crippen molar-refractivity contribution in [2.75, 3.05) is 4.72 Å². The first-order chi connectivity index (χ1) is 14.3. The number of allylic oxidation sites excluding steroid dienone is 4. The number of anilines is 1. The van der Waals surface area contributed by atoms with Crippen LogP contribution in [0.3, 0.4) is 0 Å². The van der Waals surface area contributed by atoms with Gasteiger partial charge < -0.3 is 0 Å². The molecule has 166 valence electrons. The summed E-state index contributed by atoms with van der Waals surface area (Å²) in [6, 6.07) is 3.30. The second kappa shape index (κ2) is 9.42. The van der Waals surface area contributed by atoms with Crippen LogP contribution in [-0.2, 0) is 16.2 Å². The van der Waals surface area contributed by atoms with Gasteiger partial charge in [-0.25, -0.2) is 13.4 Å². The predicted octanol–water partition coefficient (Wildman–Crippen LogP) is 6.30. The van der Waals surface area contributed by atoms with E-state index >= 15 is 0 Å². The second-order valence-electron chi connectivity index (χ2n) is 6.59. The lowest BCUT2D eigenvalue weighted by molar-refractivity contribution is -0.137. The van der Waals surface area contributed by atoms with Gasteiger partial charge in [0, 0.05) is 11.8 Å². The third-order valence-electron chi connectivity index (χ3n) is 3.88. The third-order valence-corrected chi connectivity index (χ3v) is 5.78. The van der Waals surface area contributed by atoms with Crippen molar-refractivity contribution in [1.82, 2.24) is 4.98 Å². The van der Waals surface area contributed by atoms with Crippen molar-refractivity contribution < 1.29 is 26.4 Å². The van der Waals surface area contributed by atoms with E-state index < -0.39 is 37.5 Å². The van der Waals surface area contributed by atoms with Crippen LogP contribution in [0.2, 0.25) is 10.0 Å². The highest BCUT2D eigenvalue weighted by Crippen LogP contribution is 2.36. The van der Waals surface area contributed by atoms with Gasteiger partial charge in [0.1, 0.15) is 5.69 Å². The summed E-state index contributed by atoms with van der Waals surface area (Å²) in [6.45, 7) is 5.17. The van der Waals surface area contributed by atoms with Crippen LogP contribution >= 0.6 is 23.2 Å². The van der Waals surface area contributed by atoms with Gasteiger partial charge in [-0.3, -0.25) is 9.52 Å². The smallest absolute Gasteiger partial charge is 0.287 e. The van der Waals surface area contributed by atoms with Crippen LogP contribution in [0.5, 0.6) is 0 Å². The number of alkyl halides is 3. The van der Waals surface area contributed by atoms with Crippen LogP contribution in [0.25, 0.3) is 0 Å². The number of carbonyl (C=O) groups excluding carboxylic acids is 1. The number of ketones is 1. The van der Waals surface area contributed by atoms with Crippen LogP contribution in [0.15, 0.2) is 58.7 Å². The summed E-state index contributed by atoms with van der Waals surface area (Å²) in [5, 5.41) is -0.628. The van der Waals surface area contributed by atoms with E-state index in [-0.39, 0.29) is 22.0 Å². The summed E-state index contributed by atoms with van der Waals surface area (Å²) in [7, 11) is -4.54. The standard InChI is InChI=1S/C20H17Cl2F3N2O3S/c1-4-12(7-11(2)3)19(28)18-17(8-13(21)10-26-18)27-31(29,30)14-5-6-16(22)15(9-14)20(23,24)25/h4-10,27H,1-3H3/b12-4+. The zero-order valence-corrected chi connectivity index (χ0v) is 18.8. The van der Waals surface area contributed by atoms with Crippen LogP contribution in [0, 0.1) is 0 Å². The van der Waals surface area contributed by atoms with E-state index in [1.54, 1.807) is 26.8 Å². The highest BCUT2D eigenvalue weighted by molar-refractivity contribution is 7.92. The quantitative estimate of drug-likeness (QED) is 0.291. The van der Waals surface area contributed by atoms with Gasteiger partial charge in [-0.05, 0) is 45.0 Å². The lowest BCUT2D eigenvalue weighted by atomic mass is 10.0. The molecule has 0 aliphatic rings. The molecule has 0 aliphatic heterocycles. The molecule has 0 spiro atoms. The van der Waals surface area contributed by atoms with E-state index in [1.807, 2.05) is 0 Å².